The third-order valence-corrected chi connectivity index (χ3v) is 7.55. The van der Waals surface area contributed by atoms with Crippen molar-refractivity contribution in [2.75, 3.05) is 51.9 Å². The molecule has 4 aromatic rings. The van der Waals surface area contributed by atoms with Crippen LogP contribution in [-0.4, -0.2) is 112 Å². The lowest BCUT2D eigenvalue weighted by atomic mass is 10.1. The standard InChI is InChI=1S/C31H35N5O4.C4H6O6/c1-23(35-40-21-24-7-4-3-5-8-24)25-9-11-26(12-10-25)34-31-27-19-30(29(37-2)20-28(27)32-22-33-31)39-16-6-13-36-14-17-38-18-15-36;5-1(3(7)8)2(6)4(9)10/h3-5,7-12,19-20,22H,6,13-18,21H2,1-2H3,(H,32,33,34);1-2,5-6H,(H,7,8)(H,9,10)/b35-23+;. The highest BCUT2D eigenvalue weighted by Crippen LogP contribution is 2.35. The fraction of sp³-hybridized carbons (Fsp3) is 0.343. The summed E-state index contributed by atoms with van der Waals surface area (Å²) in [5.74, 6) is -1.52. The number of methoxy groups -OCH3 is 1. The van der Waals surface area contributed by atoms with Gasteiger partial charge in [0, 0.05) is 36.8 Å². The van der Waals surface area contributed by atoms with Crippen LogP contribution in [-0.2, 0) is 25.8 Å². The first-order chi connectivity index (χ1) is 24.2. The smallest absolute Gasteiger partial charge is 0.335 e. The van der Waals surface area contributed by atoms with Crippen LogP contribution in [0.1, 0.15) is 24.5 Å². The predicted octanol–water partition coefficient (Wildman–Crippen LogP) is 3.30. The minimum absolute atomic E-state index is 0.433. The first-order valence-electron chi connectivity index (χ1n) is 15.8. The molecule has 1 fully saturated rings. The van der Waals surface area contributed by atoms with Gasteiger partial charge in [0.1, 0.15) is 18.8 Å². The summed E-state index contributed by atoms with van der Waals surface area (Å²) < 4.78 is 17.2. The summed E-state index contributed by atoms with van der Waals surface area (Å²) in [5, 5.41) is 41.1. The zero-order valence-electron chi connectivity index (χ0n) is 27.8. The number of nitrogens with zero attached hydrogens (tertiary/aromatic N) is 4. The number of ether oxygens (including phenoxy) is 3. The highest BCUT2D eigenvalue weighted by atomic mass is 16.6. The Morgan fingerprint density at radius 2 is 1.64 bits per heavy atom. The van der Waals surface area contributed by atoms with E-state index in [1.807, 2.05) is 73.7 Å². The predicted molar refractivity (Wildman–Crippen MR) is 184 cm³/mol. The normalized spacial score (nSPS) is 14.5. The molecule has 15 heteroatoms. The molecular formula is C35H41N5O10. The molecule has 1 aliphatic rings. The zero-order valence-corrected chi connectivity index (χ0v) is 27.8. The van der Waals surface area contributed by atoms with Crippen molar-refractivity contribution in [1.82, 2.24) is 14.9 Å². The fourth-order valence-corrected chi connectivity index (χ4v) is 4.76. The number of fused-ring (bicyclic) bond motifs is 1. The van der Waals surface area contributed by atoms with Crippen LogP contribution in [0.15, 0.2) is 78.2 Å². The zero-order chi connectivity index (χ0) is 35.9. The number of morpholine rings is 1. The van der Waals surface area contributed by atoms with Gasteiger partial charge in [-0.05, 0) is 42.7 Å². The first-order valence-corrected chi connectivity index (χ1v) is 15.8. The van der Waals surface area contributed by atoms with E-state index in [-0.39, 0.29) is 0 Å². The van der Waals surface area contributed by atoms with E-state index in [2.05, 4.69) is 25.3 Å². The van der Waals surface area contributed by atoms with Gasteiger partial charge >= 0.3 is 11.9 Å². The summed E-state index contributed by atoms with van der Waals surface area (Å²) in [6, 6.07) is 21.8. The van der Waals surface area contributed by atoms with E-state index in [9.17, 15) is 9.59 Å². The van der Waals surface area contributed by atoms with E-state index in [1.165, 1.54) is 0 Å². The van der Waals surface area contributed by atoms with Gasteiger partial charge in [0.15, 0.2) is 23.7 Å². The maximum absolute atomic E-state index is 9.77. The van der Waals surface area contributed by atoms with Crippen LogP contribution in [0, 0.1) is 0 Å². The van der Waals surface area contributed by atoms with E-state index < -0.39 is 24.1 Å². The molecule has 0 saturated carbocycles. The molecule has 0 bridgehead atoms. The van der Waals surface area contributed by atoms with Crippen molar-refractivity contribution in [1.29, 1.82) is 0 Å². The van der Waals surface area contributed by atoms with Gasteiger partial charge in [0.05, 0.1) is 38.2 Å². The molecule has 5 rings (SSSR count). The second-order valence-electron chi connectivity index (χ2n) is 11.1. The highest BCUT2D eigenvalue weighted by molar-refractivity contribution is 5.99. The number of nitrogens with one attached hydrogen (secondary N) is 1. The second-order valence-corrected chi connectivity index (χ2v) is 11.1. The summed E-state index contributed by atoms with van der Waals surface area (Å²) in [7, 11) is 1.64. The number of hydrogen-bond acceptors (Lipinski definition) is 13. The van der Waals surface area contributed by atoms with Crippen molar-refractivity contribution in [3.63, 3.8) is 0 Å². The SMILES string of the molecule is COc1cc2ncnc(Nc3ccc(/C(C)=N/OCc4ccccc4)cc3)c2cc1OCCCN1CCOCC1.O=C(O)C(O)C(O)C(=O)O. The van der Waals surface area contributed by atoms with E-state index >= 15 is 0 Å². The number of carboxylic acids is 2. The summed E-state index contributed by atoms with van der Waals surface area (Å²) in [6.45, 7) is 7.48. The van der Waals surface area contributed by atoms with Gasteiger partial charge in [-0.15, -0.1) is 0 Å². The van der Waals surface area contributed by atoms with Crippen LogP contribution < -0.4 is 14.8 Å². The van der Waals surface area contributed by atoms with Crippen LogP contribution in [0.25, 0.3) is 10.9 Å². The number of oxime groups is 1. The molecule has 1 saturated heterocycles. The molecule has 266 valence electrons. The highest BCUT2D eigenvalue weighted by Gasteiger charge is 2.29. The molecule has 0 aliphatic carbocycles. The Hall–Kier alpha value is -5.35. The van der Waals surface area contributed by atoms with Crippen molar-refractivity contribution in [3.8, 4) is 11.5 Å². The van der Waals surface area contributed by atoms with Crippen molar-refractivity contribution in [2.24, 2.45) is 5.16 Å². The lowest BCUT2D eigenvalue weighted by molar-refractivity contribution is -0.165. The second kappa shape index (κ2) is 19.0. The van der Waals surface area contributed by atoms with Crippen LogP contribution in [0.5, 0.6) is 11.5 Å². The maximum atomic E-state index is 9.77. The molecular weight excluding hydrogens is 650 g/mol. The van der Waals surface area contributed by atoms with Crippen LogP contribution in [0.4, 0.5) is 11.5 Å². The van der Waals surface area contributed by atoms with Crippen molar-refractivity contribution in [2.45, 2.75) is 32.2 Å². The molecule has 2 unspecified atom stereocenters. The van der Waals surface area contributed by atoms with E-state index in [4.69, 9.17) is 39.5 Å². The van der Waals surface area contributed by atoms with E-state index in [1.54, 1.807) is 13.4 Å². The van der Waals surface area contributed by atoms with Gasteiger partial charge in [0.25, 0.3) is 0 Å². The van der Waals surface area contributed by atoms with Crippen molar-refractivity contribution >= 4 is 40.1 Å². The number of benzene rings is 3. The minimum atomic E-state index is -2.27. The average Bonchev–Trinajstić information content (AvgIpc) is 3.14. The Morgan fingerprint density at radius 1 is 0.960 bits per heavy atom. The molecule has 15 nitrogen and oxygen atoms in total. The van der Waals surface area contributed by atoms with Crippen molar-refractivity contribution in [3.05, 3.63) is 84.2 Å². The first kappa shape index (κ1) is 37.5. The van der Waals surface area contributed by atoms with Crippen LogP contribution >= 0.6 is 0 Å². The third-order valence-electron chi connectivity index (χ3n) is 7.55. The summed E-state index contributed by atoms with van der Waals surface area (Å²) in [5.41, 5.74) is 4.52. The van der Waals surface area contributed by atoms with E-state index in [0.29, 0.717) is 30.5 Å². The number of carboxylic acid groups (broad SMARTS) is 2. The van der Waals surface area contributed by atoms with Gasteiger partial charge in [-0.3, -0.25) is 4.90 Å². The molecule has 3 aromatic carbocycles. The number of aliphatic carboxylic acids is 2. The molecule has 0 amide bonds. The Bertz CT molecular complexity index is 1700. The number of aromatic nitrogens is 2. The maximum Gasteiger partial charge on any atom is 0.335 e. The molecule has 50 heavy (non-hydrogen) atoms. The monoisotopic (exact) mass is 691 g/mol. The molecule has 1 aliphatic heterocycles. The molecule has 0 spiro atoms. The van der Waals surface area contributed by atoms with Gasteiger partial charge in [0.2, 0.25) is 0 Å². The number of anilines is 2. The molecule has 2 heterocycles. The molecule has 2 atom stereocenters. The van der Waals surface area contributed by atoms with Gasteiger partial charge in [-0.1, -0.05) is 47.6 Å². The topological polar surface area (TPSA) is 205 Å². The minimum Gasteiger partial charge on any atom is -0.493 e. The number of aliphatic hydroxyl groups excluding tert-OH is 2. The van der Waals surface area contributed by atoms with E-state index in [0.717, 1.165) is 72.7 Å². The van der Waals surface area contributed by atoms with Crippen molar-refractivity contribution < 1.29 is 49.1 Å². The van der Waals surface area contributed by atoms with Gasteiger partial charge < -0.3 is 44.8 Å². The van der Waals surface area contributed by atoms with Crippen LogP contribution in [0.2, 0.25) is 0 Å². The number of rotatable bonds is 15. The lowest BCUT2D eigenvalue weighted by Gasteiger charge is -2.26. The molecule has 1 aromatic heterocycles. The summed E-state index contributed by atoms with van der Waals surface area (Å²) in [4.78, 5) is 36.4. The average molecular weight is 692 g/mol. The Morgan fingerprint density at radius 3 is 2.28 bits per heavy atom. The Balaban J connectivity index is 0.000000490. The number of aliphatic hydroxyl groups is 2. The summed E-state index contributed by atoms with van der Waals surface area (Å²) >= 11 is 0. The quantitative estimate of drug-likeness (QED) is 0.0690. The number of carbonyl (C=O) groups is 2. The third kappa shape index (κ3) is 11.1. The van der Waals surface area contributed by atoms with Crippen LogP contribution in [0.3, 0.4) is 0 Å². The molecule has 0 radical (unpaired) electrons. The summed E-state index contributed by atoms with van der Waals surface area (Å²) in [6.07, 6.45) is -2.07. The molecule has 5 N–H and O–H groups in total. The van der Waals surface area contributed by atoms with Gasteiger partial charge in [-0.25, -0.2) is 19.6 Å². The number of hydrogen-bond donors (Lipinski definition) is 5. The van der Waals surface area contributed by atoms with Gasteiger partial charge in [-0.2, -0.15) is 0 Å². The Labute approximate surface area is 288 Å². The largest absolute Gasteiger partial charge is 0.493 e. The Kier molecular flexibility index (Phi) is 14.2. The fourth-order valence-electron chi connectivity index (χ4n) is 4.76. The lowest BCUT2D eigenvalue weighted by Crippen LogP contribution is -2.39.